The van der Waals surface area contributed by atoms with E-state index in [-0.39, 0.29) is 17.3 Å². The zero-order valence-electron chi connectivity index (χ0n) is 7.94. The number of methoxy groups -OCH3 is 1. The van der Waals surface area contributed by atoms with E-state index in [9.17, 15) is 13.2 Å². The highest BCUT2D eigenvalue weighted by molar-refractivity contribution is 14.1. The summed E-state index contributed by atoms with van der Waals surface area (Å²) in [4.78, 5) is 3.94. The summed E-state index contributed by atoms with van der Waals surface area (Å²) in [6.45, 7) is 0. The average molecular weight is 367 g/mol. The number of hydrogen-bond donors (Lipinski definition) is 0. The van der Waals surface area contributed by atoms with Crippen molar-refractivity contribution in [2.45, 2.75) is 12.2 Å². The van der Waals surface area contributed by atoms with Gasteiger partial charge in [-0.1, -0.05) is 0 Å². The molecule has 0 radical (unpaired) electrons. The van der Waals surface area contributed by atoms with E-state index in [0.717, 1.165) is 6.07 Å². The fraction of sp³-hybridized carbons (Fsp3) is 0.375. The van der Waals surface area contributed by atoms with Gasteiger partial charge in [-0.15, -0.1) is 24.8 Å². The molecule has 0 fully saturated rings. The van der Waals surface area contributed by atoms with Crippen LogP contribution >= 0.6 is 34.2 Å². The van der Waals surface area contributed by atoms with Gasteiger partial charge in [-0.2, -0.15) is 0 Å². The number of alkyl halides is 4. The molecule has 1 aromatic rings. The first-order valence-electron chi connectivity index (χ1n) is 3.92. The molecule has 0 aliphatic carbocycles. The fourth-order valence-electron chi connectivity index (χ4n) is 1.04. The molecular weight excluding hydrogens is 361 g/mol. The fourth-order valence-corrected chi connectivity index (χ4v) is 1.79. The summed E-state index contributed by atoms with van der Waals surface area (Å²) in [5, 5.41) is 0. The van der Waals surface area contributed by atoms with Crippen molar-refractivity contribution in [1.82, 2.24) is 4.98 Å². The van der Waals surface area contributed by atoms with E-state index in [1.165, 1.54) is 7.11 Å². The van der Waals surface area contributed by atoms with Crippen molar-refractivity contribution in [3.05, 3.63) is 15.5 Å². The SMILES string of the molecule is COc1c(OC(F)(F)F)cc(I)nc1CCl. The van der Waals surface area contributed by atoms with Crippen LogP contribution in [-0.2, 0) is 5.88 Å². The number of hydrogen-bond acceptors (Lipinski definition) is 3. The Kier molecular flexibility index (Phi) is 4.48. The third-order valence-electron chi connectivity index (χ3n) is 1.53. The van der Waals surface area contributed by atoms with E-state index in [1.807, 2.05) is 0 Å². The average Bonchev–Trinajstić information content (AvgIpc) is 2.14. The number of aromatic nitrogens is 1. The van der Waals surface area contributed by atoms with Gasteiger partial charge in [0.15, 0.2) is 11.5 Å². The first kappa shape index (κ1) is 13.6. The second kappa shape index (κ2) is 5.26. The minimum absolute atomic E-state index is 0.0613. The maximum Gasteiger partial charge on any atom is 0.573 e. The summed E-state index contributed by atoms with van der Waals surface area (Å²) in [6.07, 6.45) is -4.78. The topological polar surface area (TPSA) is 31.4 Å². The van der Waals surface area contributed by atoms with Crippen molar-refractivity contribution in [3.63, 3.8) is 0 Å². The van der Waals surface area contributed by atoms with Crippen LogP contribution < -0.4 is 9.47 Å². The minimum atomic E-state index is -4.78. The molecule has 0 saturated heterocycles. The number of rotatable bonds is 3. The van der Waals surface area contributed by atoms with Crippen molar-refractivity contribution < 1.29 is 22.6 Å². The quantitative estimate of drug-likeness (QED) is 0.467. The molecule has 3 nitrogen and oxygen atoms in total. The third-order valence-corrected chi connectivity index (χ3v) is 2.34. The number of nitrogens with zero attached hydrogens (tertiary/aromatic N) is 1. The van der Waals surface area contributed by atoms with Gasteiger partial charge in [0.05, 0.1) is 13.0 Å². The molecule has 0 spiro atoms. The van der Waals surface area contributed by atoms with Crippen molar-refractivity contribution in [3.8, 4) is 11.5 Å². The molecule has 0 saturated carbocycles. The van der Waals surface area contributed by atoms with E-state index in [0.29, 0.717) is 3.70 Å². The van der Waals surface area contributed by atoms with E-state index in [1.54, 1.807) is 22.6 Å². The third kappa shape index (κ3) is 3.55. The summed E-state index contributed by atoms with van der Waals surface area (Å²) < 4.78 is 45.2. The van der Waals surface area contributed by atoms with Crippen LogP contribution in [0.4, 0.5) is 13.2 Å². The van der Waals surface area contributed by atoms with Gasteiger partial charge < -0.3 is 9.47 Å². The summed E-state index contributed by atoms with van der Waals surface area (Å²) >= 11 is 7.31. The summed E-state index contributed by atoms with van der Waals surface area (Å²) in [7, 11) is 1.23. The zero-order valence-corrected chi connectivity index (χ0v) is 10.9. The molecule has 8 heteroatoms. The van der Waals surface area contributed by atoms with Crippen LogP contribution in [-0.4, -0.2) is 18.5 Å². The standard InChI is InChI=1S/C8H6ClF3INO2/c1-15-7-4(3-9)14-6(13)2-5(7)16-8(10,11)12/h2H,3H2,1H3. The lowest BCUT2D eigenvalue weighted by Gasteiger charge is -2.14. The van der Waals surface area contributed by atoms with Crippen LogP contribution in [0.15, 0.2) is 6.07 Å². The van der Waals surface area contributed by atoms with Gasteiger partial charge in [0.25, 0.3) is 0 Å². The van der Waals surface area contributed by atoms with E-state index in [2.05, 4.69) is 9.72 Å². The molecule has 1 rings (SSSR count). The molecular formula is C8H6ClF3INO2. The molecule has 0 aliphatic rings. The van der Waals surface area contributed by atoms with Gasteiger partial charge in [0.1, 0.15) is 9.39 Å². The van der Waals surface area contributed by atoms with E-state index >= 15 is 0 Å². The summed E-state index contributed by atoms with van der Waals surface area (Å²) in [6, 6.07) is 1.13. The largest absolute Gasteiger partial charge is 0.573 e. The number of halogens is 5. The van der Waals surface area contributed by atoms with Gasteiger partial charge >= 0.3 is 6.36 Å². The molecule has 0 N–H and O–H groups in total. The lowest BCUT2D eigenvalue weighted by Crippen LogP contribution is -2.18. The van der Waals surface area contributed by atoms with Gasteiger partial charge in [-0.3, -0.25) is 0 Å². The molecule has 0 bridgehead atoms. The Labute approximate surface area is 108 Å². The second-order valence-corrected chi connectivity index (χ2v) is 3.98. The second-order valence-electron chi connectivity index (χ2n) is 2.60. The first-order valence-corrected chi connectivity index (χ1v) is 5.54. The predicted octanol–water partition coefficient (Wildman–Crippen LogP) is 3.33. The van der Waals surface area contributed by atoms with Crippen LogP contribution in [0, 0.1) is 3.70 Å². The molecule has 0 amide bonds. The van der Waals surface area contributed by atoms with E-state index < -0.39 is 12.1 Å². The molecule has 16 heavy (non-hydrogen) atoms. The Morgan fingerprint density at radius 1 is 1.50 bits per heavy atom. The normalized spacial score (nSPS) is 11.4. The Balaban J connectivity index is 3.20. The van der Waals surface area contributed by atoms with Gasteiger partial charge in [-0.25, -0.2) is 4.98 Å². The molecule has 0 atom stereocenters. The van der Waals surface area contributed by atoms with Crippen LogP contribution in [0.3, 0.4) is 0 Å². The lowest BCUT2D eigenvalue weighted by molar-refractivity contribution is -0.275. The maximum absolute atomic E-state index is 12.1. The molecule has 1 aromatic heterocycles. The van der Waals surface area contributed by atoms with Crippen LogP contribution in [0.25, 0.3) is 0 Å². The highest BCUT2D eigenvalue weighted by Crippen LogP contribution is 2.35. The Hall–Kier alpha value is -0.440. The minimum Gasteiger partial charge on any atom is -0.491 e. The summed E-state index contributed by atoms with van der Waals surface area (Å²) in [5.41, 5.74) is 0.204. The van der Waals surface area contributed by atoms with Gasteiger partial charge in [0, 0.05) is 6.07 Å². The Morgan fingerprint density at radius 3 is 2.56 bits per heavy atom. The molecule has 0 aromatic carbocycles. The van der Waals surface area contributed by atoms with Crippen molar-refractivity contribution >= 4 is 34.2 Å². The molecule has 90 valence electrons. The van der Waals surface area contributed by atoms with Gasteiger partial charge in [0.2, 0.25) is 0 Å². The van der Waals surface area contributed by atoms with Crippen LogP contribution in [0.5, 0.6) is 11.5 Å². The van der Waals surface area contributed by atoms with Crippen molar-refractivity contribution in [1.29, 1.82) is 0 Å². The van der Waals surface area contributed by atoms with Crippen molar-refractivity contribution in [2.75, 3.05) is 7.11 Å². The summed E-state index contributed by atoms with van der Waals surface area (Å²) in [5.74, 6) is -0.605. The Morgan fingerprint density at radius 2 is 2.12 bits per heavy atom. The van der Waals surface area contributed by atoms with E-state index in [4.69, 9.17) is 16.3 Å². The first-order chi connectivity index (χ1) is 7.37. The zero-order chi connectivity index (χ0) is 12.3. The maximum atomic E-state index is 12.1. The lowest BCUT2D eigenvalue weighted by atomic mass is 10.3. The highest BCUT2D eigenvalue weighted by Gasteiger charge is 2.33. The van der Waals surface area contributed by atoms with Crippen LogP contribution in [0.2, 0.25) is 0 Å². The predicted molar refractivity (Wildman–Crippen MR) is 59.7 cm³/mol. The van der Waals surface area contributed by atoms with Crippen molar-refractivity contribution in [2.24, 2.45) is 0 Å². The molecule has 0 unspecified atom stereocenters. The monoisotopic (exact) mass is 367 g/mol. The molecule has 0 aliphatic heterocycles. The molecule has 1 heterocycles. The van der Waals surface area contributed by atoms with Crippen LogP contribution in [0.1, 0.15) is 5.69 Å². The highest BCUT2D eigenvalue weighted by atomic mass is 127. The Bertz CT molecular complexity index is 386. The van der Waals surface area contributed by atoms with Gasteiger partial charge in [-0.05, 0) is 22.6 Å². The number of pyridine rings is 1. The smallest absolute Gasteiger partial charge is 0.491 e. The number of ether oxygens (including phenoxy) is 2.